The molecule has 0 saturated carbocycles. The zero-order valence-corrected chi connectivity index (χ0v) is 17.6. The molecule has 3 aromatic carbocycles. The number of hydrogen-bond donors (Lipinski definition) is 0. The molecule has 0 saturated heterocycles. The van der Waals surface area contributed by atoms with Gasteiger partial charge in [0.05, 0.1) is 28.0 Å². The molecule has 162 valence electrons. The van der Waals surface area contributed by atoms with Crippen LogP contribution in [0.25, 0.3) is 21.8 Å². The standard InChI is InChI=1S/C27H19FN2O3/c28-23-15-20(27(31)33-17-22-13-10-19-6-2-4-8-25(19)30-22)11-14-26(23)32-16-21-12-9-18-5-1-3-7-24(18)29-21/h1-15H,16-17H2. The smallest absolute Gasteiger partial charge is 0.338 e. The van der Waals surface area contributed by atoms with Crippen molar-refractivity contribution in [2.75, 3.05) is 0 Å². The van der Waals surface area contributed by atoms with Gasteiger partial charge in [0, 0.05) is 10.8 Å². The van der Waals surface area contributed by atoms with E-state index in [1.54, 1.807) is 6.07 Å². The van der Waals surface area contributed by atoms with E-state index in [0.29, 0.717) is 11.4 Å². The van der Waals surface area contributed by atoms with Gasteiger partial charge < -0.3 is 9.47 Å². The molecule has 0 N–H and O–H groups in total. The number of pyridine rings is 2. The number of ether oxygens (including phenoxy) is 2. The summed E-state index contributed by atoms with van der Waals surface area (Å²) in [5.74, 6) is -1.24. The third-order valence-corrected chi connectivity index (χ3v) is 5.21. The van der Waals surface area contributed by atoms with Gasteiger partial charge in [0.1, 0.15) is 13.2 Å². The molecule has 2 heterocycles. The summed E-state index contributed by atoms with van der Waals surface area (Å²) < 4.78 is 25.4. The predicted octanol–water partition coefficient (Wildman–Crippen LogP) is 5.86. The first-order chi connectivity index (χ1) is 16.2. The van der Waals surface area contributed by atoms with E-state index in [-0.39, 0.29) is 24.5 Å². The summed E-state index contributed by atoms with van der Waals surface area (Å²) in [5.41, 5.74) is 3.06. The largest absolute Gasteiger partial charge is 0.484 e. The molecule has 0 radical (unpaired) electrons. The van der Waals surface area contributed by atoms with Gasteiger partial charge in [0.2, 0.25) is 0 Å². The molecule has 5 rings (SSSR count). The monoisotopic (exact) mass is 438 g/mol. The first-order valence-corrected chi connectivity index (χ1v) is 10.4. The lowest BCUT2D eigenvalue weighted by molar-refractivity contribution is 0.0467. The number of hydrogen-bond acceptors (Lipinski definition) is 5. The number of halogens is 1. The van der Waals surface area contributed by atoms with Crippen LogP contribution in [0.3, 0.4) is 0 Å². The van der Waals surface area contributed by atoms with E-state index in [9.17, 15) is 9.18 Å². The molecule has 0 aliphatic heterocycles. The fraction of sp³-hybridized carbons (Fsp3) is 0.0741. The van der Waals surface area contributed by atoms with E-state index in [1.807, 2.05) is 66.7 Å². The number of aromatic nitrogens is 2. The highest BCUT2D eigenvalue weighted by atomic mass is 19.1. The molecule has 0 bridgehead atoms. The predicted molar refractivity (Wildman–Crippen MR) is 123 cm³/mol. The Labute approximate surface area is 189 Å². The van der Waals surface area contributed by atoms with Crippen LogP contribution in [0.5, 0.6) is 5.75 Å². The lowest BCUT2D eigenvalue weighted by Gasteiger charge is -2.09. The van der Waals surface area contributed by atoms with Gasteiger partial charge in [-0.25, -0.2) is 19.2 Å². The highest BCUT2D eigenvalue weighted by Crippen LogP contribution is 2.21. The third kappa shape index (κ3) is 4.65. The van der Waals surface area contributed by atoms with Gasteiger partial charge in [0.15, 0.2) is 11.6 Å². The average Bonchev–Trinajstić information content (AvgIpc) is 2.86. The van der Waals surface area contributed by atoms with Crippen LogP contribution >= 0.6 is 0 Å². The van der Waals surface area contributed by atoms with Gasteiger partial charge in [0.25, 0.3) is 0 Å². The molecule has 0 fully saturated rings. The van der Waals surface area contributed by atoms with Crippen molar-refractivity contribution >= 4 is 27.8 Å². The summed E-state index contributed by atoms with van der Waals surface area (Å²) in [6.45, 7) is 0.107. The molecule has 0 atom stereocenters. The number of para-hydroxylation sites is 2. The number of carbonyl (C=O) groups is 1. The molecule has 5 aromatic rings. The first-order valence-electron chi connectivity index (χ1n) is 10.4. The zero-order chi connectivity index (χ0) is 22.6. The van der Waals surface area contributed by atoms with Crippen LogP contribution in [-0.4, -0.2) is 15.9 Å². The number of nitrogens with zero attached hydrogens (tertiary/aromatic N) is 2. The Kier molecular flexibility index (Phi) is 5.64. The second kappa shape index (κ2) is 9.04. The van der Waals surface area contributed by atoms with Crippen molar-refractivity contribution in [3.8, 4) is 5.75 Å². The second-order valence-corrected chi connectivity index (χ2v) is 7.50. The van der Waals surface area contributed by atoms with Gasteiger partial charge in [-0.1, -0.05) is 48.5 Å². The molecule has 6 heteroatoms. The van der Waals surface area contributed by atoms with Gasteiger partial charge >= 0.3 is 5.97 Å². The van der Waals surface area contributed by atoms with Crippen LogP contribution in [0.1, 0.15) is 21.7 Å². The van der Waals surface area contributed by atoms with Gasteiger partial charge in [-0.2, -0.15) is 0 Å². The SMILES string of the molecule is O=C(OCc1ccc2ccccc2n1)c1ccc(OCc2ccc3ccccc3n2)c(F)c1. The normalized spacial score (nSPS) is 10.9. The maximum absolute atomic E-state index is 14.5. The molecular formula is C27H19FN2O3. The summed E-state index contributed by atoms with van der Waals surface area (Å²) in [6, 6.07) is 26.9. The van der Waals surface area contributed by atoms with Gasteiger partial charge in [-0.3, -0.25) is 0 Å². The molecule has 0 aliphatic carbocycles. The fourth-order valence-corrected chi connectivity index (χ4v) is 3.50. The lowest BCUT2D eigenvalue weighted by atomic mass is 10.2. The molecule has 33 heavy (non-hydrogen) atoms. The van der Waals surface area contributed by atoms with Crippen LogP contribution in [0, 0.1) is 5.82 Å². The van der Waals surface area contributed by atoms with Crippen molar-refractivity contribution in [3.63, 3.8) is 0 Å². The van der Waals surface area contributed by atoms with Gasteiger partial charge in [-0.15, -0.1) is 0 Å². The van der Waals surface area contributed by atoms with Crippen molar-refractivity contribution in [3.05, 3.63) is 114 Å². The Bertz CT molecular complexity index is 1470. The minimum Gasteiger partial charge on any atom is -0.484 e. The minimum atomic E-state index is -0.644. The second-order valence-electron chi connectivity index (χ2n) is 7.50. The summed E-state index contributed by atoms with van der Waals surface area (Å²) >= 11 is 0. The number of esters is 1. The molecule has 0 amide bonds. The van der Waals surface area contributed by atoms with E-state index in [1.165, 1.54) is 12.1 Å². The highest BCUT2D eigenvalue weighted by molar-refractivity contribution is 5.89. The topological polar surface area (TPSA) is 61.3 Å². The average molecular weight is 438 g/mol. The van der Waals surface area contributed by atoms with Gasteiger partial charge in [-0.05, 0) is 42.5 Å². The highest BCUT2D eigenvalue weighted by Gasteiger charge is 2.13. The molecule has 0 unspecified atom stereocenters. The zero-order valence-electron chi connectivity index (χ0n) is 17.6. The summed E-state index contributed by atoms with van der Waals surface area (Å²) in [4.78, 5) is 21.4. The summed E-state index contributed by atoms with van der Waals surface area (Å²) in [5, 5.41) is 2.03. The lowest BCUT2D eigenvalue weighted by Crippen LogP contribution is -2.07. The van der Waals surface area contributed by atoms with E-state index < -0.39 is 11.8 Å². The Morgan fingerprint density at radius 2 is 1.33 bits per heavy atom. The van der Waals surface area contributed by atoms with Crippen LogP contribution in [0.4, 0.5) is 4.39 Å². The Hall–Kier alpha value is -4.32. The van der Waals surface area contributed by atoms with Crippen molar-refractivity contribution in [1.82, 2.24) is 9.97 Å². The molecule has 0 aliphatic rings. The maximum Gasteiger partial charge on any atom is 0.338 e. The van der Waals surface area contributed by atoms with Crippen LogP contribution in [0.15, 0.2) is 91.0 Å². The molecule has 2 aromatic heterocycles. The number of rotatable bonds is 6. The number of benzene rings is 3. The van der Waals surface area contributed by atoms with Crippen molar-refractivity contribution in [2.24, 2.45) is 0 Å². The Morgan fingerprint density at radius 1 is 0.727 bits per heavy atom. The fourth-order valence-electron chi connectivity index (χ4n) is 3.50. The molecule has 5 nitrogen and oxygen atoms in total. The van der Waals surface area contributed by atoms with Crippen molar-refractivity contribution in [2.45, 2.75) is 13.2 Å². The van der Waals surface area contributed by atoms with Crippen molar-refractivity contribution in [1.29, 1.82) is 0 Å². The quantitative estimate of drug-likeness (QED) is 0.311. The maximum atomic E-state index is 14.5. The van der Waals surface area contributed by atoms with E-state index in [2.05, 4.69) is 9.97 Å². The Morgan fingerprint density at radius 3 is 1.97 bits per heavy atom. The van der Waals surface area contributed by atoms with Crippen molar-refractivity contribution < 1.29 is 18.7 Å². The van der Waals surface area contributed by atoms with Crippen LogP contribution in [0.2, 0.25) is 0 Å². The number of fused-ring (bicyclic) bond motifs is 2. The molecule has 0 spiro atoms. The van der Waals surface area contributed by atoms with Crippen LogP contribution < -0.4 is 4.74 Å². The molecular weight excluding hydrogens is 419 g/mol. The Balaban J connectivity index is 1.22. The first kappa shape index (κ1) is 20.6. The summed E-state index contributed by atoms with van der Waals surface area (Å²) in [7, 11) is 0. The minimum absolute atomic E-state index is 0.00281. The van der Waals surface area contributed by atoms with E-state index in [0.717, 1.165) is 27.9 Å². The summed E-state index contributed by atoms with van der Waals surface area (Å²) in [6.07, 6.45) is 0. The van der Waals surface area contributed by atoms with E-state index in [4.69, 9.17) is 9.47 Å². The third-order valence-electron chi connectivity index (χ3n) is 5.21. The number of carbonyl (C=O) groups excluding carboxylic acids is 1. The van der Waals surface area contributed by atoms with Crippen LogP contribution in [-0.2, 0) is 18.0 Å². The van der Waals surface area contributed by atoms with E-state index >= 15 is 0 Å².